The molecule has 0 aromatic carbocycles. The third kappa shape index (κ3) is 4.94. The van der Waals surface area contributed by atoms with Gasteiger partial charge in [0.25, 0.3) is 0 Å². The number of carbonyl (C=O) groups is 1. The smallest absolute Gasteiger partial charge is 0.309 e. The summed E-state index contributed by atoms with van der Waals surface area (Å²) in [5.41, 5.74) is -0.420. The van der Waals surface area contributed by atoms with Crippen LogP contribution in [0.25, 0.3) is 0 Å². The highest BCUT2D eigenvalue weighted by atomic mass is 79.9. The number of furan rings is 1. The molecule has 4 heteroatoms. The van der Waals surface area contributed by atoms with Gasteiger partial charge >= 0.3 is 5.97 Å². The molecule has 96 valence electrons. The Morgan fingerprint density at radius 2 is 2.18 bits per heavy atom. The molecule has 0 radical (unpaired) electrons. The van der Waals surface area contributed by atoms with E-state index in [2.05, 4.69) is 15.9 Å². The van der Waals surface area contributed by atoms with Crippen LogP contribution in [0.4, 0.5) is 0 Å². The highest BCUT2D eigenvalue weighted by molar-refractivity contribution is 9.10. The first-order valence-corrected chi connectivity index (χ1v) is 6.53. The predicted molar refractivity (Wildman–Crippen MR) is 69.7 cm³/mol. The fourth-order valence-corrected chi connectivity index (χ4v) is 1.77. The first-order valence-electron chi connectivity index (χ1n) is 5.74. The maximum atomic E-state index is 11.7. The Morgan fingerprint density at radius 1 is 1.53 bits per heavy atom. The Bertz CT molecular complexity index is 376. The lowest BCUT2D eigenvalue weighted by molar-refractivity contribution is -0.159. The van der Waals surface area contributed by atoms with Crippen molar-refractivity contribution < 1.29 is 13.9 Å². The van der Waals surface area contributed by atoms with Crippen LogP contribution in [0.3, 0.4) is 0 Å². The second-order valence-corrected chi connectivity index (χ2v) is 6.02. The van der Waals surface area contributed by atoms with Crippen LogP contribution in [0.5, 0.6) is 0 Å². The van der Waals surface area contributed by atoms with E-state index in [1.165, 1.54) is 0 Å². The molecule has 1 aromatic heterocycles. The molecule has 0 saturated carbocycles. The first-order chi connectivity index (χ1) is 7.79. The zero-order valence-electron chi connectivity index (χ0n) is 10.7. The molecule has 1 atom stereocenters. The number of aryl methyl sites for hydroxylation is 1. The molecule has 3 nitrogen and oxygen atoms in total. The molecule has 0 fully saturated rings. The maximum absolute atomic E-state index is 11.7. The molecule has 0 N–H and O–H groups in total. The standard InChI is InChI=1S/C13H19BrO3/c1-9(12(15)17-13(2,3)4)5-6-11-10(14)7-8-16-11/h7-9H,5-6H2,1-4H3. The highest BCUT2D eigenvalue weighted by Crippen LogP contribution is 2.21. The second kappa shape index (κ2) is 5.71. The lowest BCUT2D eigenvalue weighted by Crippen LogP contribution is -2.27. The summed E-state index contributed by atoms with van der Waals surface area (Å²) in [6.07, 6.45) is 3.09. The molecule has 1 aromatic rings. The maximum Gasteiger partial charge on any atom is 0.309 e. The molecule has 0 saturated heterocycles. The van der Waals surface area contributed by atoms with Crippen molar-refractivity contribution in [2.45, 2.75) is 46.1 Å². The molecule has 1 rings (SSSR count). The van der Waals surface area contributed by atoms with Gasteiger partial charge in [-0.3, -0.25) is 4.79 Å². The molecule has 0 aliphatic rings. The van der Waals surface area contributed by atoms with E-state index < -0.39 is 5.60 Å². The van der Waals surface area contributed by atoms with Crippen molar-refractivity contribution in [3.8, 4) is 0 Å². The van der Waals surface area contributed by atoms with Crippen LogP contribution in [0.1, 0.15) is 39.9 Å². The zero-order valence-corrected chi connectivity index (χ0v) is 12.3. The van der Waals surface area contributed by atoms with Gasteiger partial charge in [-0.15, -0.1) is 0 Å². The largest absolute Gasteiger partial charge is 0.468 e. The first kappa shape index (κ1) is 14.3. The van der Waals surface area contributed by atoms with Crippen molar-refractivity contribution in [3.05, 3.63) is 22.6 Å². The summed E-state index contributed by atoms with van der Waals surface area (Å²) in [5.74, 6) is 0.604. The molecular weight excluding hydrogens is 284 g/mol. The third-order valence-corrected chi connectivity index (χ3v) is 3.01. The van der Waals surface area contributed by atoms with E-state index in [-0.39, 0.29) is 11.9 Å². The van der Waals surface area contributed by atoms with Crippen molar-refractivity contribution in [2.75, 3.05) is 0 Å². The molecule has 0 aliphatic heterocycles. The van der Waals surface area contributed by atoms with E-state index in [0.717, 1.165) is 23.1 Å². The number of carbonyl (C=O) groups excluding carboxylic acids is 1. The SMILES string of the molecule is CC(CCc1occc1Br)C(=O)OC(C)(C)C. The van der Waals surface area contributed by atoms with Crippen LogP contribution in [0.15, 0.2) is 21.2 Å². The average molecular weight is 303 g/mol. The molecule has 0 bridgehead atoms. The average Bonchev–Trinajstić information content (AvgIpc) is 2.57. The zero-order chi connectivity index (χ0) is 13.1. The number of hydrogen-bond donors (Lipinski definition) is 0. The number of rotatable bonds is 4. The van der Waals surface area contributed by atoms with Gasteiger partial charge in [-0.2, -0.15) is 0 Å². The summed E-state index contributed by atoms with van der Waals surface area (Å²) in [4.78, 5) is 11.7. The minimum atomic E-state index is -0.420. The molecular formula is C13H19BrO3. The Morgan fingerprint density at radius 3 is 2.65 bits per heavy atom. The van der Waals surface area contributed by atoms with Gasteiger partial charge in [0, 0.05) is 6.42 Å². The molecule has 17 heavy (non-hydrogen) atoms. The number of ether oxygens (including phenoxy) is 1. The van der Waals surface area contributed by atoms with Crippen molar-refractivity contribution in [1.29, 1.82) is 0 Å². The Labute approximate surface area is 111 Å². The molecule has 0 amide bonds. The van der Waals surface area contributed by atoms with Crippen molar-refractivity contribution >= 4 is 21.9 Å². The number of halogens is 1. The summed E-state index contributed by atoms with van der Waals surface area (Å²) >= 11 is 3.39. The van der Waals surface area contributed by atoms with Gasteiger partial charge in [0.1, 0.15) is 11.4 Å². The van der Waals surface area contributed by atoms with E-state index >= 15 is 0 Å². The van der Waals surface area contributed by atoms with Crippen molar-refractivity contribution in [1.82, 2.24) is 0 Å². The van der Waals surface area contributed by atoms with E-state index in [0.29, 0.717) is 0 Å². The molecule has 1 unspecified atom stereocenters. The Balaban J connectivity index is 2.42. The van der Waals surface area contributed by atoms with Gasteiger partial charge in [-0.25, -0.2) is 0 Å². The summed E-state index contributed by atoms with van der Waals surface area (Å²) < 4.78 is 11.6. The van der Waals surface area contributed by atoms with Crippen LogP contribution in [0.2, 0.25) is 0 Å². The fraction of sp³-hybridized carbons (Fsp3) is 0.615. The van der Waals surface area contributed by atoms with Gasteiger partial charge in [-0.05, 0) is 49.2 Å². The summed E-state index contributed by atoms with van der Waals surface area (Å²) in [6, 6.07) is 1.85. The Kier molecular flexibility index (Phi) is 4.80. The van der Waals surface area contributed by atoms with Crippen LogP contribution in [0, 0.1) is 5.92 Å². The molecule has 0 spiro atoms. The van der Waals surface area contributed by atoms with Crippen molar-refractivity contribution in [2.24, 2.45) is 5.92 Å². The van der Waals surface area contributed by atoms with Gasteiger partial charge in [0.2, 0.25) is 0 Å². The van der Waals surface area contributed by atoms with Gasteiger partial charge < -0.3 is 9.15 Å². The number of hydrogen-bond acceptors (Lipinski definition) is 3. The van der Waals surface area contributed by atoms with Crippen LogP contribution in [-0.2, 0) is 16.0 Å². The van der Waals surface area contributed by atoms with Crippen LogP contribution >= 0.6 is 15.9 Å². The topological polar surface area (TPSA) is 39.4 Å². The fourth-order valence-electron chi connectivity index (χ4n) is 1.37. The summed E-state index contributed by atoms with van der Waals surface area (Å²) in [7, 11) is 0. The van der Waals surface area contributed by atoms with E-state index in [1.807, 2.05) is 33.8 Å². The van der Waals surface area contributed by atoms with Crippen LogP contribution in [-0.4, -0.2) is 11.6 Å². The van der Waals surface area contributed by atoms with Gasteiger partial charge in [-0.1, -0.05) is 6.92 Å². The van der Waals surface area contributed by atoms with E-state index in [1.54, 1.807) is 6.26 Å². The van der Waals surface area contributed by atoms with Gasteiger partial charge in [0.15, 0.2) is 0 Å². The van der Waals surface area contributed by atoms with Crippen LogP contribution < -0.4 is 0 Å². The quantitative estimate of drug-likeness (QED) is 0.791. The summed E-state index contributed by atoms with van der Waals surface area (Å²) in [5, 5.41) is 0. The molecule has 1 heterocycles. The Hall–Kier alpha value is -0.770. The lowest BCUT2D eigenvalue weighted by Gasteiger charge is -2.22. The monoisotopic (exact) mass is 302 g/mol. The van der Waals surface area contributed by atoms with E-state index in [9.17, 15) is 4.79 Å². The summed E-state index contributed by atoms with van der Waals surface area (Å²) in [6.45, 7) is 7.51. The van der Waals surface area contributed by atoms with E-state index in [4.69, 9.17) is 9.15 Å². The number of esters is 1. The highest BCUT2D eigenvalue weighted by Gasteiger charge is 2.21. The third-order valence-electron chi connectivity index (χ3n) is 2.30. The second-order valence-electron chi connectivity index (χ2n) is 5.16. The lowest BCUT2D eigenvalue weighted by atomic mass is 10.0. The molecule has 0 aliphatic carbocycles. The minimum Gasteiger partial charge on any atom is -0.468 e. The van der Waals surface area contributed by atoms with Crippen molar-refractivity contribution in [3.63, 3.8) is 0 Å². The van der Waals surface area contributed by atoms with Gasteiger partial charge in [0.05, 0.1) is 16.7 Å². The minimum absolute atomic E-state index is 0.119. The predicted octanol–water partition coefficient (Wildman–Crippen LogP) is 3.95. The normalized spacial score (nSPS) is 13.5.